The third-order valence-electron chi connectivity index (χ3n) is 3.25. The van der Waals surface area contributed by atoms with Gasteiger partial charge in [0.15, 0.2) is 5.78 Å². The van der Waals surface area contributed by atoms with Crippen molar-refractivity contribution in [2.45, 2.75) is 19.9 Å². The largest absolute Gasteiger partial charge is 0.464 e. The third-order valence-corrected chi connectivity index (χ3v) is 3.25. The molecule has 0 atom stereocenters. The van der Waals surface area contributed by atoms with Crippen LogP contribution in [0.25, 0.3) is 11.0 Å². The molecule has 102 valence electrons. The first-order valence-electron chi connectivity index (χ1n) is 6.48. The molecule has 0 saturated carbocycles. The molecule has 0 spiro atoms. The van der Waals surface area contributed by atoms with Crippen LogP contribution in [-0.2, 0) is 0 Å². The van der Waals surface area contributed by atoms with Gasteiger partial charge in [-0.05, 0) is 19.9 Å². The van der Waals surface area contributed by atoms with Gasteiger partial charge in [-0.3, -0.25) is 9.69 Å². The van der Waals surface area contributed by atoms with Gasteiger partial charge in [0, 0.05) is 18.0 Å². The molecular weight excluding hydrogens is 242 g/mol. The molecule has 19 heavy (non-hydrogen) atoms. The highest BCUT2D eigenvalue weighted by Crippen LogP contribution is 2.21. The molecule has 0 amide bonds. The summed E-state index contributed by atoms with van der Waals surface area (Å²) in [6, 6.07) is 7.72. The maximum Gasteiger partial charge on any atom is 0.180 e. The lowest BCUT2D eigenvalue weighted by molar-refractivity contribution is 0.0882. The number of aliphatic hydroxyl groups is 1. The summed E-state index contributed by atoms with van der Waals surface area (Å²) in [4.78, 5) is 14.3. The number of nitrogens with zero attached hydrogens (tertiary/aromatic N) is 1. The summed E-state index contributed by atoms with van der Waals surface area (Å²) in [5, 5.41) is 9.88. The van der Waals surface area contributed by atoms with Gasteiger partial charge in [0.25, 0.3) is 0 Å². The van der Waals surface area contributed by atoms with Gasteiger partial charge in [-0.1, -0.05) is 18.2 Å². The molecule has 0 bridgehead atoms. The van der Waals surface area contributed by atoms with Crippen LogP contribution < -0.4 is 0 Å². The van der Waals surface area contributed by atoms with E-state index in [0.717, 1.165) is 11.0 Å². The van der Waals surface area contributed by atoms with Crippen LogP contribution in [0.1, 0.15) is 24.2 Å². The Morgan fingerprint density at radius 1 is 1.37 bits per heavy atom. The standard InChI is InChI=1S/C15H19NO3/c1-11(2)16(7-8-17)9-14(18)13-10-19-15-6-4-3-5-12(13)15/h3-6,10-11,17H,7-9H2,1-2H3. The van der Waals surface area contributed by atoms with Crippen LogP contribution in [0.15, 0.2) is 34.9 Å². The summed E-state index contributed by atoms with van der Waals surface area (Å²) in [6.07, 6.45) is 1.52. The van der Waals surface area contributed by atoms with E-state index in [1.165, 1.54) is 6.26 Å². The fourth-order valence-electron chi connectivity index (χ4n) is 2.11. The molecule has 1 heterocycles. The average molecular weight is 261 g/mol. The molecular formula is C15H19NO3. The van der Waals surface area contributed by atoms with Crippen molar-refractivity contribution in [3.63, 3.8) is 0 Å². The van der Waals surface area contributed by atoms with E-state index < -0.39 is 0 Å². The molecule has 0 unspecified atom stereocenters. The van der Waals surface area contributed by atoms with Gasteiger partial charge in [-0.15, -0.1) is 0 Å². The molecule has 4 heteroatoms. The predicted octanol–water partition coefficient (Wildman–Crippen LogP) is 2.32. The van der Waals surface area contributed by atoms with Crippen molar-refractivity contribution >= 4 is 16.8 Å². The first kappa shape index (κ1) is 13.8. The van der Waals surface area contributed by atoms with Gasteiger partial charge >= 0.3 is 0 Å². The predicted molar refractivity (Wildman–Crippen MR) is 74.3 cm³/mol. The van der Waals surface area contributed by atoms with Crippen molar-refractivity contribution < 1.29 is 14.3 Å². The van der Waals surface area contributed by atoms with Crippen LogP contribution in [0.5, 0.6) is 0 Å². The maximum atomic E-state index is 12.3. The van der Waals surface area contributed by atoms with Crippen LogP contribution in [0, 0.1) is 0 Å². The third kappa shape index (κ3) is 3.03. The second kappa shape index (κ2) is 5.99. The first-order valence-corrected chi connectivity index (χ1v) is 6.48. The molecule has 1 aromatic carbocycles. The number of ketones is 1. The monoisotopic (exact) mass is 261 g/mol. The molecule has 0 radical (unpaired) electrons. The first-order chi connectivity index (χ1) is 9.13. The number of hydrogen-bond donors (Lipinski definition) is 1. The molecule has 0 aliphatic heterocycles. The van der Waals surface area contributed by atoms with Crippen LogP contribution in [0.4, 0.5) is 0 Å². The minimum atomic E-state index is 0.0205. The van der Waals surface area contributed by atoms with Gasteiger partial charge < -0.3 is 9.52 Å². The smallest absolute Gasteiger partial charge is 0.180 e. The number of hydrogen-bond acceptors (Lipinski definition) is 4. The minimum Gasteiger partial charge on any atom is -0.464 e. The minimum absolute atomic E-state index is 0.0205. The molecule has 2 rings (SSSR count). The number of aliphatic hydroxyl groups excluding tert-OH is 1. The lowest BCUT2D eigenvalue weighted by Crippen LogP contribution is -2.37. The number of Topliss-reactive ketones (excluding diaryl/α,β-unsaturated/α-hetero) is 1. The zero-order valence-electron chi connectivity index (χ0n) is 11.3. The normalized spacial score (nSPS) is 11.6. The molecule has 2 aromatic rings. The van der Waals surface area contributed by atoms with Crippen LogP contribution in [0.2, 0.25) is 0 Å². The number of carbonyl (C=O) groups is 1. The van der Waals surface area contributed by atoms with Crippen molar-refractivity contribution in [2.24, 2.45) is 0 Å². The number of benzene rings is 1. The zero-order valence-corrected chi connectivity index (χ0v) is 11.3. The molecule has 0 aliphatic carbocycles. The summed E-state index contributed by atoms with van der Waals surface area (Å²) in [7, 11) is 0. The number of furan rings is 1. The van der Waals surface area contributed by atoms with Gasteiger partial charge in [0.2, 0.25) is 0 Å². The van der Waals surface area contributed by atoms with Crippen molar-refractivity contribution in [3.05, 3.63) is 36.1 Å². The Hall–Kier alpha value is -1.65. The van der Waals surface area contributed by atoms with Gasteiger partial charge in [0.1, 0.15) is 11.8 Å². The Kier molecular flexibility index (Phi) is 4.35. The van der Waals surface area contributed by atoms with E-state index >= 15 is 0 Å². The van der Waals surface area contributed by atoms with E-state index in [1.807, 2.05) is 43.0 Å². The fraction of sp³-hybridized carbons (Fsp3) is 0.400. The maximum absolute atomic E-state index is 12.3. The number of rotatable bonds is 6. The average Bonchev–Trinajstić information content (AvgIpc) is 2.81. The van der Waals surface area contributed by atoms with Gasteiger partial charge in [-0.2, -0.15) is 0 Å². The zero-order chi connectivity index (χ0) is 13.8. The number of para-hydroxylation sites is 1. The summed E-state index contributed by atoms with van der Waals surface area (Å²) in [5.74, 6) is 0.0205. The lowest BCUT2D eigenvalue weighted by Gasteiger charge is -2.24. The van der Waals surface area contributed by atoms with Crippen LogP contribution in [0.3, 0.4) is 0 Å². The van der Waals surface area contributed by atoms with Crippen molar-refractivity contribution in [3.8, 4) is 0 Å². The summed E-state index contributed by atoms with van der Waals surface area (Å²) in [6.45, 7) is 4.87. The Morgan fingerprint density at radius 2 is 2.11 bits per heavy atom. The highest BCUT2D eigenvalue weighted by molar-refractivity contribution is 6.08. The Balaban J connectivity index is 2.19. The topological polar surface area (TPSA) is 53.7 Å². The van der Waals surface area contributed by atoms with E-state index in [0.29, 0.717) is 18.7 Å². The summed E-state index contributed by atoms with van der Waals surface area (Å²) < 4.78 is 5.38. The highest BCUT2D eigenvalue weighted by atomic mass is 16.3. The second-order valence-corrected chi connectivity index (χ2v) is 4.86. The van der Waals surface area contributed by atoms with E-state index in [1.54, 1.807) is 0 Å². The van der Waals surface area contributed by atoms with Crippen LogP contribution >= 0.6 is 0 Å². The van der Waals surface area contributed by atoms with E-state index in [2.05, 4.69) is 0 Å². The SMILES string of the molecule is CC(C)N(CCO)CC(=O)c1coc2ccccc12. The van der Waals surface area contributed by atoms with E-state index in [-0.39, 0.29) is 18.4 Å². The fourth-order valence-corrected chi connectivity index (χ4v) is 2.11. The summed E-state index contributed by atoms with van der Waals surface area (Å²) >= 11 is 0. The molecule has 1 N–H and O–H groups in total. The number of carbonyl (C=O) groups excluding carboxylic acids is 1. The van der Waals surface area contributed by atoms with Gasteiger partial charge in [0.05, 0.1) is 18.7 Å². The van der Waals surface area contributed by atoms with Crippen molar-refractivity contribution in [1.82, 2.24) is 4.90 Å². The Morgan fingerprint density at radius 3 is 2.79 bits per heavy atom. The molecule has 0 saturated heterocycles. The summed E-state index contributed by atoms with van der Waals surface area (Å²) in [5.41, 5.74) is 1.34. The van der Waals surface area contributed by atoms with E-state index in [9.17, 15) is 4.79 Å². The second-order valence-electron chi connectivity index (χ2n) is 4.86. The number of fused-ring (bicyclic) bond motifs is 1. The lowest BCUT2D eigenvalue weighted by atomic mass is 10.1. The van der Waals surface area contributed by atoms with Crippen LogP contribution in [-0.4, -0.2) is 41.5 Å². The Bertz CT molecular complexity index is 559. The van der Waals surface area contributed by atoms with Crippen molar-refractivity contribution in [1.29, 1.82) is 0 Å². The highest BCUT2D eigenvalue weighted by Gasteiger charge is 2.18. The Labute approximate surface area is 112 Å². The quantitative estimate of drug-likeness (QED) is 0.811. The molecule has 0 fully saturated rings. The molecule has 0 aliphatic rings. The molecule has 4 nitrogen and oxygen atoms in total. The van der Waals surface area contributed by atoms with Crippen molar-refractivity contribution in [2.75, 3.05) is 19.7 Å². The molecule has 1 aromatic heterocycles. The van der Waals surface area contributed by atoms with E-state index in [4.69, 9.17) is 9.52 Å². The van der Waals surface area contributed by atoms with Gasteiger partial charge in [-0.25, -0.2) is 0 Å².